The second kappa shape index (κ2) is 6.88. The fourth-order valence-electron chi connectivity index (χ4n) is 3.08. The Labute approximate surface area is 159 Å². The fraction of sp³-hybridized carbons (Fsp3) is 0.158. The van der Waals surface area contributed by atoms with Crippen LogP contribution in [0.3, 0.4) is 0 Å². The molecular formula is C19H16N4O3S. The lowest BCUT2D eigenvalue weighted by atomic mass is 10.1. The summed E-state index contributed by atoms with van der Waals surface area (Å²) in [4.78, 5) is 10.9. The normalized spacial score (nSPS) is 11.2. The van der Waals surface area contributed by atoms with Crippen LogP contribution in [0.25, 0.3) is 16.6 Å². The Kier molecular flexibility index (Phi) is 4.41. The zero-order valence-corrected chi connectivity index (χ0v) is 15.6. The van der Waals surface area contributed by atoms with E-state index >= 15 is 0 Å². The molecule has 0 saturated carbocycles. The second-order valence-corrected chi connectivity index (χ2v) is 7.00. The van der Waals surface area contributed by atoms with Crippen LogP contribution in [0.1, 0.15) is 11.1 Å². The van der Waals surface area contributed by atoms with E-state index in [1.54, 1.807) is 25.3 Å². The van der Waals surface area contributed by atoms with E-state index in [1.165, 1.54) is 17.8 Å². The summed E-state index contributed by atoms with van der Waals surface area (Å²) in [6.07, 6.45) is 0. The third kappa shape index (κ3) is 3.08. The lowest BCUT2D eigenvalue weighted by Gasteiger charge is -2.09. The van der Waals surface area contributed by atoms with Crippen LogP contribution in [0, 0.1) is 17.0 Å². The molecule has 2 aromatic carbocycles. The first kappa shape index (κ1) is 17.3. The van der Waals surface area contributed by atoms with Gasteiger partial charge in [-0.1, -0.05) is 30.0 Å². The summed E-state index contributed by atoms with van der Waals surface area (Å²) in [7, 11) is 1.63. The van der Waals surface area contributed by atoms with Crippen LogP contribution in [0.2, 0.25) is 0 Å². The van der Waals surface area contributed by atoms with Gasteiger partial charge in [0, 0.05) is 28.8 Å². The van der Waals surface area contributed by atoms with Crippen molar-refractivity contribution in [2.45, 2.75) is 17.8 Å². The maximum Gasteiger partial charge on any atom is 0.273 e. The predicted octanol–water partition coefficient (Wildman–Crippen LogP) is 4.40. The molecule has 0 aliphatic heterocycles. The van der Waals surface area contributed by atoms with Crippen molar-refractivity contribution in [1.82, 2.24) is 14.6 Å². The van der Waals surface area contributed by atoms with Crippen LogP contribution < -0.4 is 4.74 Å². The highest BCUT2D eigenvalue weighted by molar-refractivity contribution is 7.98. The highest BCUT2D eigenvalue weighted by Gasteiger charge is 2.16. The highest BCUT2D eigenvalue weighted by atomic mass is 32.2. The molecular weight excluding hydrogens is 364 g/mol. The third-order valence-electron chi connectivity index (χ3n) is 4.42. The summed E-state index contributed by atoms with van der Waals surface area (Å²) in [6, 6.07) is 14.6. The van der Waals surface area contributed by atoms with E-state index in [9.17, 15) is 10.1 Å². The van der Waals surface area contributed by atoms with Gasteiger partial charge in [0.1, 0.15) is 5.75 Å². The molecule has 4 aromatic rings. The summed E-state index contributed by atoms with van der Waals surface area (Å²) in [5.74, 6) is 1.18. The summed E-state index contributed by atoms with van der Waals surface area (Å²) in [5, 5.41) is 21.6. The number of nitro benzene ring substituents is 1. The number of hydrogen-bond acceptors (Lipinski definition) is 6. The minimum atomic E-state index is -0.360. The molecule has 0 atom stereocenters. The van der Waals surface area contributed by atoms with Crippen molar-refractivity contribution in [1.29, 1.82) is 0 Å². The van der Waals surface area contributed by atoms with Gasteiger partial charge in [-0.05, 0) is 30.7 Å². The number of nitro groups is 1. The van der Waals surface area contributed by atoms with Crippen LogP contribution in [-0.4, -0.2) is 26.6 Å². The molecule has 0 amide bonds. The van der Waals surface area contributed by atoms with Gasteiger partial charge in [0.05, 0.1) is 17.5 Å². The fourth-order valence-corrected chi connectivity index (χ4v) is 4.02. The molecule has 7 nitrogen and oxygen atoms in total. The lowest BCUT2D eigenvalue weighted by Crippen LogP contribution is -1.96. The standard InChI is InChI=1S/C19H16N4O3S/c1-12-9-18-20-21-19(22(18)17-10-14(26-2)7-8-15(12)17)27-11-13-5-3-4-6-16(13)23(24)25/h3-10H,11H2,1-2H3. The Hall–Kier alpha value is -3.13. The largest absolute Gasteiger partial charge is 0.497 e. The van der Waals surface area contributed by atoms with Crippen molar-refractivity contribution in [2.24, 2.45) is 0 Å². The molecule has 0 spiro atoms. The molecule has 0 saturated heterocycles. The molecule has 0 bridgehead atoms. The van der Waals surface area contributed by atoms with E-state index in [2.05, 4.69) is 10.2 Å². The molecule has 4 rings (SSSR count). The van der Waals surface area contributed by atoms with Crippen LogP contribution >= 0.6 is 11.8 Å². The van der Waals surface area contributed by atoms with E-state index in [0.29, 0.717) is 16.5 Å². The number of benzene rings is 2. The maximum absolute atomic E-state index is 11.2. The number of fused-ring (bicyclic) bond motifs is 3. The molecule has 27 heavy (non-hydrogen) atoms. The van der Waals surface area contributed by atoms with Crippen LogP contribution in [0.15, 0.2) is 53.7 Å². The van der Waals surface area contributed by atoms with Gasteiger partial charge < -0.3 is 4.74 Å². The van der Waals surface area contributed by atoms with Crippen molar-refractivity contribution in [3.05, 3.63) is 69.8 Å². The Morgan fingerprint density at radius 3 is 2.78 bits per heavy atom. The van der Waals surface area contributed by atoms with Gasteiger partial charge in [0.2, 0.25) is 0 Å². The Morgan fingerprint density at radius 2 is 2.00 bits per heavy atom. The van der Waals surface area contributed by atoms with Crippen molar-refractivity contribution in [3.63, 3.8) is 0 Å². The molecule has 136 valence electrons. The van der Waals surface area contributed by atoms with E-state index in [4.69, 9.17) is 4.74 Å². The van der Waals surface area contributed by atoms with Crippen molar-refractivity contribution >= 4 is 34.0 Å². The monoisotopic (exact) mass is 380 g/mol. The van der Waals surface area contributed by atoms with Crippen molar-refractivity contribution in [2.75, 3.05) is 7.11 Å². The number of thioether (sulfide) groups is 1. The number of ether oxygens (including phenoxy) is 1. The highest BCUT2D eigenvalue weighted by Crippen LogP contribution is 2.31. The Balaban J connectivity index is 1.79. The molecule has 2 heterocycles. The SMILES string of the molecule is COc1ccc2c(C)cc3nnc(SCc4ccccc4[N+](=O)[O-])n3c2c1. The topological polar surface area (TPSA) is 82.6 Å². The molecule has 0 radical (unpaired) electrons. The van der Waals surface area contributed by atoms with Gasteiger partial charge in [-0.2, -0.15) is 0 Å². The number of methoxy groups -OCH3 is 1. The average molecular weight is 380 g/mol. The molecule has 0 N–H and O–H groups in total. The van der Waals surface area contributed by atoms with Gasteiger partial charge in [0.15, 0.2) is 10.8 Å². The number of hydrogen-bond donors (Lipinski definition) is 0. The third-order valence-corrected chi connectivity index (χ3v) is 5.40. The van der Waals surface area contributed by atoms with E-state index in [1.807, 2.05) is 35.6 Å². The summed E-state index contributed by atoms with van der Waals surface area (Å²) < 4.78 is 7.33. The van der Waals surface area contributed by atoms with Gasteiger partial charge in [-0.3, -0.25) is 14.5 Å². The van der Waals surface area contributed by atoms with Crippen LogP contribution in [0.4, 0.5) is 5.69 Å². The Morgan fingerprint density at radius 1 is 1.19 bits per heavy atom. The van der Waals surface area contributed by atoms with E-state index < -0.39 is 0 Å². The minimum Gasteiger partial charge on any atom is -0.497 e. The first-order valence-electron chi connectivity index (χ1n) is 8.26. The number of para-hydroxylation sites is 1. The number of pyridine rings is 1. The van der Waals surface area contributed by atoms with Gasteiger partial charge in [-0.25, -0.2) is 0 Å². The summed E-state index contributed by atoms with van der Waals surface area (Å²) in [5.41, 5.74) is 3.54. The van der Waals surface area contributed by atoms with Crippen molar-refractivity contribution < 1.29 is 9.66 Å². The molecule has 8 heteroatoms. The van der Waals surface area contributed by atoms with Gasteiger partial charge in [-0.15, -0.1) is 10.2 Å². The van der Waals surface area contributed by atoms with E-state index in [-0.39, 0.29) is 10.6 Å². The zero-order valence-electron chi connectivity index (χ0n) is 14.7. The van der Waals surface area contributed by atoms with Crippen LogP contribution in [-0.2, 0) is 5.75 Å². The first-order valence-corrected chi connectivity index (χ1v) is 9.24. The lowest BCUT2D eigenvalue weighted by molar-refractivity contribution is -0.385. The van der Waals surface area contributed by atoms with Crippen molar-refractivity contribution in [3.8, 4) is 5.75 Å². The average Bonchev–Trinajstić information content (AvgIpc) is 3.09. The van der Waals surface area contributed by atoms with Crippen LogP contribution in [0.5, 0.6) is 5.75 Å². The molecule has 0 aliphatic carbocycles. The molecule has 0 aliphatic rings. The number of nitrogens with zero attached hydrogens (tertiary/aromatic N) is 4. The number of aryl methyl sites for hydroxylation is 1. The van der Waals surface area contributed by atoms with Gasteiger partial charge >= 0.3 is 0 Å². The number of aromatic nitrogens is 3. The number of rotatable bonds is 5. The van der Waals surface area contributed by atoms with E-state index in [0.717, 1.165) is 27.9 Å². The smallest absolute Gasteiger partial charge is 0.273 e. The predicted molar refractivity (Wildman–Crippen MR) is 104 cm³/mol. The Bertz CT molecular complexity index is 1170. The molecule has 2 aromatic heterocycles. The molecule has 0 fully saturated rings. The first-order chi connectivity index (χ1) is 13.1. The maximum atomic E-state index is 11.2. The summed E-state index contributed by atoms with van der Waals surface area (Å²) >= 11 is 1.42. The second-order valence-electron chi connectivity index (χ2n) is 6.06. The summed E-state index contributed by atoms with van der Waals surface area (Å²) in [6.45, 7) is 2.03. The van der Waals surface area contributed by atoms with Gasteiger partial charge in [0.25, 0.3) is 5.69 Å². The quantitative estimate of drug-likeness (QED) is 0.290. The minimum absolute atomic E-state index is 0.112. The zero-order chi connectivity index (χ0) is 19.0. The molecule has 0 unspecified atom stereocenters.